The maximum Gasteiger partial charge on any atom is 0.180 e. The summed E-state index contributed by atoms with van der Waals surface area (Å²) in [4.78, 5) is 0. The van der Waals surface area contributed by atoms with Crippen molar-refractivity contribution in [2.45, 2.75) is 20.1 Å². The average Bonchev–Trinajstić information content (AvgIpc) is 2.73. The fraction of sp³-hybridized carbons (Fsp3) is 0.217. The number of hydrogen-bond acceptors (Lipinski definition) is 4. The molecule has 3 rings (SSSR count). The fourth-order valence-electron chi connectivity index (χ4n) is 2.78. The van der Waals surface area contributed by atoms with Crippen LogP contribution in [0.25, 0.3) is 0 Å². The predicted molar refractivity (Wildman–Crippen MR) is 121 cm³/mol. The van der Waals surface area contributed by atoms with Crippen molar-refractivity contribution in [3.63, 3.8) is 0 Å². The highest BCUT2D eigenvalue weighted by Crippen LogP contribution is 2.37. The summed E-state index contributed by atoms with van der Waals surface area (Å²) in [6.07, 6.45) is 0. The molecule has 0 saturated heterocycles. The van der Waals surface area contributed by atoms with E-state index in [0.29, 0.717) is 36.3 Å². The van der Waals surface area contributed by atoms with Gasteiger partial charge in [-0.05, 0) is 66.6 Å². The van der Waals surface area contributed by atoms with Crippen LogP contribution in [0.4, 0.5) is 5.69 Å². The van der Waals surface area contributed by atoms with Gasteiger partial charge in [-0.15, -0.1) is 0 Å². The third-order valence-corrected chi connectivity index (χ3v) is 5.06. The van der Waals surface area contributed by atoms with E-state index in [9.17, 15) is 0 Å². The van der Waals surface area contributed by atoms with Crippen LogP contribution in [0.1, 0.15) is 18.1 Å². The molecule has 0 atom stereocenters. The molecular weight excluding hydrogens is 454 g/mol. The predicted octanol–water partition coefficient (Wildman–Crippen LogP) is 6.70. The van der Waals surface area contributed by atoms with Gasteiger partial charge in [0.2, 0.25) is 0 Å². The Bertz CT molecular complexity index is 930. The largest absolute Gasteiger partial charge is 0.497 e. The molecule has 0 heterocycles. The minimum Gasteiger partial charge on any atom is -0.497 e. The van der Waals surface area contributed by atoms with Crippen molar-refractivity contribution in [2.75, 3.05) is 19.0 Å². The van der Waals surface area contributed by atoms with E-state index in [-0.39, 0.29) is 0 Å². The standard InChI is InChI=1S/C23H23BrClNO3/c1-3-28-22-13-17(14-26-19-8-10-20(27-2)11-9-19)12-21(25)23(22)29-15-16-4-6-18(24)7-5-16/h4-13,26H,3,14-15H2,1-2H3. The molecule has 0 unspecified atom stereocenters. The lowest BCUT2D eigenvalue weighted by molar-refractivity contribution is 0.269. The number of ether oxygens (including phenoxy) is 3. The van der Waals surface area contributed by atoms with Crippen molar-refractivity contribution in [1.82, 2.24) is 0 Å². The third kappa shape index (κ3) is 6.05. The smallest absolute Gasteiger partial charge is 0.180 e. The van der Waals surface area contributed by atoms with Gasteiger partial charge in [0.15, 0.2) is 11.5 Å². The lowest BCUT2D eigenvalue weighted by Gasteiger charge is -2.16. The number of anilines is 1. The first-order valence-corrected chi connectivity index (χ1v) is 10.5. The van der Waals surface area contributed by atoms with E-state index >= 15 is 0 Å². The van der Waals surface area contributed by atoms with Crippen molar-refractivity contribution >= 4 is 33.2 Å². The number of methoxy groups -OCH3 is 1. The minimum absolute atomic E-state index is 0.413. The first-order chi connectivity index (χ1) is 14.1. The van der Waals surface area contributed by atoms with Crippen molar-refractivity contribution in [2.24, 2.45) is 0 Å². The van der Waals surface area contributed by atoms with Gasteiger partial charge >= 0.3 is 0 Å². The molecule has 0 saturated carbocycles. The number of halogens is 2. The Morgan fingerprint density at radius 3 is 2.31 bits per heavy atom. The van der Waals surface area contributed by atoms with Crippen LogP contribution in [-0.4, -0.2) is 13.7 Å². The van der Waals surface area contributed by atoms with Gasteiger partial charge in [0.1, 0.15) is 12.4 Å². The molecule has 0 fully saturated rings. The van der Waals surface area contributed by atoms with Gasteiger partial charge in [-0.1, -0.05) is 39.7 Å². The van der Waals surface area contributed by atoms with Gasteiger partial charge < -0.3 is 19.5 Å². The van der Waals surface area contributed by atoms with Gasteiger partial charge in [0, 0.05) is 16.7 Å². The van der Waals surface area contributed by atoms with Crippen LogP contribution in [0.5, 0.6) is 17.2 Å². The summed E-state index contributed by atoms with van der Waals surface area (Å²) in [6, 6.07) is 19.6. The second kappa shape index (κ2) is 10.4. The zero-order valence-corrected chi connectivity index (χ0v) is 18.7. The van der Waals surface area contributed by atoms with Crippen molar-refractivity contribution < 1.29 is 14.2 Å². The second-order valence-electron chi connectivity index (χ2n) is 6.34. The Hall–Kier alpha value is -2.37. The van der Waals surface area contributed by atoms with E-state index in [2.05, 4.69) is 21.2 Å². The first kappa shape index (κ1) is 21.3. The zero-order chi connectivity index (χ0) is 20.6. The van der Waals surface area contributed by atoms with E-state index in [1.807, 2.05) is 67.6 Å². The molecule has 0 aromatic heterocycles. The Kier molecular flexibility index (Phi) is 7.67. The number of hydrogen-bond donors (Lipinski definition) is 1. The van der Waals surface area contributed by atoms with Gasteiger partial charge in [0.25, 0.3) is 0 Å². The molecule has 152 valence electrons. The molecular formula is C23H23BrClNO3. The topological polar surface area (TPSA) is 39.7 Å². The van der Waals surface area contributed by atoms with Crippen LogP contribution in [-0.2, 0) is 13.2 Å². The fourth-order valence-corrected chi connectivity index (χ4v) is 3.33. The average molecular weight is 477 g/mol. The lowest BCUT2D eigenvalue weighted by atomic mass is 10.2. The minimum atomic E-state index is 0.413. The van der Waals surface area contributed by atoms with Gasteiger partial charge in [-0.2, -0.15) is 0 Å². The molecule has 0 aliphatic rings. The van der Waals surface area contributed by atoms with E-state index in [1.165, 1.54) is 0 Å². The Labute approximate surface area is 184 Å². The quantitative estimate of drug-likeness (QED) is 0.373. The Morgan fingerprint density at radius 2 is 1.66 bits per heavy atom. The van der Waals surface area contributed by atoms with Crippen LogP contribution in [0, 0.1) is 0 Å². The lowest BCUT2D eigenvalue weighted by Crippen LogP contribution is -2.04. The molecule has 3 aromatic rings. The van der Waals surface area contributed by atoms with Crippen molar-refractivity contribution in [3.8, 4) is 17.2 Å². The molecule has 1 N–H and O–H groups in total. The van der Waals surface area contributed by atoms with E-state index < -0.39 is 0 Å². The highest BCUT2D eigenvalue weighted by Gasteiger charge is 2.13. The highest BCUT2D eigenvalue weighted by atomic mass is 79.9. The maximum absolute atomic E-state index is 6.53. The summed E-state index contributed by atoms with van der Waals surface area (Å²) in [5, 5.41) is 3.90. The number of rotatable bonds is 9. The summed E-state index contributed by atoms with van der Waals surface area (Å²) >= 11 is 9.96. The monoisotopic (exact) mass is 475 g/mol. The third-order valence-electron chi connectivity index (χ3n) is 4.25. The van der Waals surface area contributed by atoms with Crippen LogP contribution >= 0.6 is 27.5 Å². The van der Waals surface area contributed by atoms with E-state index in [0.717, 1.165) is 27.0 Å². The van der Waals surface area contributed by atoms with E-state index in [1.54, 1.807) is 7.11 Å². The summed E-state index contributed by atoms with van der Waals surface area (Å²) in [5.74, 6) is 2.03. The molecule has 0 radical (unpaired) electrons. The molecule has 4 nitrogen and oxygen atoms in total. The van der Waals surface area contributed by atoms with Gasteiger partial charge in [0.05, 0.1) is 18.7 Å². The Morgan fingerprint density at radius 1 is 0.931 bits per heavy atom. The summed E-state index contributed by atoms with van der Waals surface area (Å²) in [6.45, 7) is 3.49. The number of benzene rings is 3. The highest BCUT2D eigenvalue weighted by molar-refractivity contribution is 9.10. The summed E-state index contributed by atoms with van der Waals surface area (Å²) < 4.78 is 18.0. The zero-order valence-electron chi connectivity index (χ0n) is 16.4. The molecule has 29 heavy (non-hydrogen) atoms. The summed E-state index contributed by atoms with van der Waals surface area (Å²) in [5.41, 5.74) is 3.05. The van der Waals surface area contributed by atoms with Crippen LogP contribution in [0.15, 0.2) is 65.1 Å². The van der Waals surface area contributed by atoms with Gasteiger partial charge in [-0.3, -0.25) is 0 Å². The van der Waals surface area contributed by atoms with Gasteiger partial charge in [-0.25, -0.2) is 0 Å². The molecule has 6 heteroatoms. The van der Waals surface area contributed by atoms with Crippen LogP contribution < -0.4 is 19.5 Å². The van der Waals surface area contributed by atoms with Crippen molar-refractivity contribution in [1.29, 1.82) is 0 Å². The molecule has 0 amide bonds. The van der Waals surface area contributed by atoms with E-state index in [4.69, 9.17) is 25.8 Å². The maximum atomic E-state index is 6.53. The molecule has 0 spiro atoms. The second-order valence-corrected chi connectivity index (χ2v) is 7.66. The van der Waals surface area contributed by atoms with Crippen LogP contribution in [0.3, 0.4) is 0 Å². The molecule has 0 aliphatic carbocycles. The molecule has 3 aromatic carbocycles. The molecule has 0 aliphatic heterocycles. The number of nitrogens with one attached hydrogen (secondary N) is 1. The first-order valence-electron chi connectivity index (χ1n) is 9.29. The van der Waals surface area contributed by atoms with Crippen molar-refractivity contribution in [3.05, 3.63) is 81.3 Å². The summed E-state index contributed by atoms with van der Waals surface area (Å²) in [7, 11) is 1.65. The molecule has 0 bridgehead atoms. The Balaban J connectivity index is 1.71. The van der Waals surface area contributed by atoms with Crippen LogP contribution in [0.2, 0.25) is 5.02 Å². The SMILES string of the molecule is CCOc1cc(CNc2ccc(OC)cc2)cc(Cl)c1OCc1ccc(Br)cc1. The normalized spacial score (nSPS) is 10.5.